The molecule has 9 nitrogen and oxygen atoms in total. The molecule has 0 aliphatic heterocycles. The van der Waals surface area contributed by atoms with Crippen molar-refractivity contribution < 1.29 is 31.9 Å². The zero-order valence-electron chi connectivity index (χ0n) is 22.6. The number of sulfonamides is 1. The summed E-state index contributed by atoms with van der Waals surface area (Å²) in [7, 11) is -1.56. The standard InChI is InChI=1S/C28H31ClFN3O6S/c1-5-31-28(35)19(2)32(17-20-8-6-7-9-24(20)30)27(34)18-33(22-12-10-21(29)11-13-22)40(36,37)23-14-15-25(38-3)26(16-23)39-4/h6-16,19H,5,17-18H2,1-4H3,(H,31,35)/t19-/m0/s1. The largest absolute Gasteiger partial charge is 0.493 e. The Kier molecular flexibility index (Phi) is 10.4. The number of benzene rings is 3. The Morgan fingerprint density at radius 1 is 1.00 bits per heavy atom. The number of nitrogens with zero attached hydrogens (tertiary/aromatic N) is 2. The number of rotatable bonds is 12. The van der Waals surface area contributed by atoms with Crippen molar-refractivity contribution in [2.24, 2.45) is 0 Å². The van der Waals surface area contributed by atoms with Crippen LogP contribution in [0.2, 0.25) is 5.02 Å². The van der Waals surface area contributed by atoms with E-state index in [9.17, 15) is 22.4 Å². The van der Waals surface area contributed by atoms with E-state index in [0.29, 0.717) is 17.3 Å². The number of halogens is 2. The molecular formula is C28H31ClFN3O6S. The van der Waals surface area contributed by atoms with Gasteiger partial charge in [-0.25, -0.2) is 12.8 Å². The minimum absolute atomic E-state index is 0.157. The summed E-state index contributed by atoms with van der Waals surface area (Å²) >= 11 is 6.03. The van der Waals surface area contributed by atoms with E-state index in [-0.39, 0.29) is 28.4 Å². The van der Waals surface area contributed by atoms with E-state index in [1.165, 1.54) is 81.8 Å². The van der Waals surface area contributed by atoms with Crippen molar-refractivity contribution in [3.05, 3.63) is 83.1 Å². The molecule has 0 saturated heterocycles. The van der Waals surface area contributed by atoms with Crippen molar-refractivity contribution in [1.29, 1.82) is 0 Å². The third-order valence-electron chi connectivity index (χ3n) is 6.15. The molecule has 0 radical (unpaired) electrons. The minimum Gasteiger partial charge on any atom is -0.493 e. The summed E-state index contributed by atoms with van der Waals surface area (Å²) in [5.41, 5.74) is 0.330. The molecule has 1 atom stereocenters. The average molecular weight is 592 g/mol. The van der Waals surface area contributed by atoms with E-state index in [1.807, 2.05) is 0 Å². The molecule has 0 spiro atoms. The van der Waals surface area contributed by atoms with Crippen molar-refractivity contribution in [3.63, 3.8) is 0 Å². The van der Waals surface area contributed by atoms with E-state index in [0.717, 1.165) is 9.21 Å². The third kappa shape index (κ3) is 7.02. The number of carbonyl (C=O) groups excluding carboxylic acids is 2. The number of nitrogens with one attached hydrogen (secondary N) is 1. The zero-order valence-corrected chi connectivity index (χ0v) is 24.1. The molecule has 40 heavy (non-hydrogen) atoms. The monoisotopic (exact) mass is 591 g/mol. The molecule has 2 amide bonds. The van der Waals surface area contributed by atoms with Crippen molar-refractivity contribution in [1.82, 2.24) is 10.2 Å². The Balaban J connectivity index is 2.08. The van der Waals surface area contributed by atoms with Crippen LogP contribution >= 0.6 is 11.6 Å². The normalized spacial score (nSPS) is 11.8. The summed E-state index contributed by atoms with van der Waals surface area (Å²) in [4.78, 5) is 27.5. The van der Waals surface area contributed by atoms with Crippen LogP contribution in [0.5, 0.6) is 11.5 Å². The van der Waals surface area contributed by atoms with Gasteiger partial charge in [0.25, 0.3) is 10.0 Å². The van der Waals surface area contributed by atoms with Gasteiger partial charge in [0.2, 0.25) is 11.8 Å². The molecule has 0 aromatic heterocycles. The highest BCUT2D eigenvalue weighted by atomic mass is 35.5. The molecule has 0 heterocycles. The highest BCUT2D eigenvalue weighted by Crippen LogP contribution is 2.32. The molecule has 3 aromatic rings. The number of carbonyl (C=O) groups is 2. The van der Waals surface area contributed by atoms with Gasteiger partial charge in [0, 0.05) is 29.7 Å². The number of hydrogen-bond acceptors (Lipinski definition) is 6. The van der Waals surface area contributed by atoms with E-state index < -0.39 is 40.2 Å². The van der Waals surface area contributed by atoms with Crippen LogP contribution in [0.15, 0.2) is 71.6 Å². The Morgan fingerprint density at radius 3 is 2.25 bits per heavy atom. The number of methoxy groups -OCH3 is 2. The van der Waals surface area contributed by atoms with Gasteiger partial charge >= 0.3 is 0 Å². The summed E-state index contributed by atoms with van der Waals surface area (Å²) in [6, 6.07) is 14.8. The topological polar surface area (TPSA) is 105 Å². The average Bonchev–Trinajstić information content (AvgIpc) is 2.95. The maximum Gasteiger partial charge on any atom is 0.264 e. The van der Waals surface area contributed by atoms with Gasteiger partial charge in [0.1, 0.15) is 18.4 Å². The number of ether oxygens (including phenoxy) is 2. The van der Waals surface area contributed by atoms with Crippen LogP contribution in [0, 0.1) is 5.82 Å². The predicted molar refractivity (Wildman–Crippen MR) is 151 cm³/mol. The van der Waals surface area contributed by atoms with E-state index in [4.69, 9.17) is 21.1 Å². The van der Waals surface area contributed by atoms with Gasteiger partial charge in [-0.15, -0.1) is 0 Å². The molecule has 0 unspecified atom stereocenters. The lowest BCUT2D eigenvalue weighted by Gasteiger charge is -2.32. The van der Waals surface area contributed by atoms with Crippen LogP contribution in [0.3, 0.4) is 0 Å². The summed E-state index contributed by atoms with van der Waals surface area (Å²) in [5, 5.41) is 3.02. The molecule has 12 heteroatoms. The van der Waals surface area contributed by atoms with E-state index >= 15 is 0 Å². The maximum atomic E-state index is 14.6. The van der Waals surface area contributed by atoms with Crippen LogP contribution in [-0.2, 0) is 26.2 Å². The first-order chi connectivity index (χ1) is 19.0. The fourth-order valence-corrected chi connectivity index (χ4v) is 5.51. The molecule has 3 rings (SSSR count). The van der Waals surface area contributed by atoms with E-state index in [2.05, 4.69) is 5.32 Å². The lowest BCUT2D eigenvalue weighted by Crippen LogP contribution is -2.51. The highest BCUT2D eigenvalue weighted by Gasteiger charge is 2.33. The van der Waals surface area contributed by atoms with Crippen molar-refractivity contribution in [2.75, 3.05) is 31.6 Å². The molecule has 214 valence electrons. The highest BCUT2D eigenvalue weighted by molar-refractivity contribution is 7.92. The molecule has 1 N–H and O–H groups in total. The van der Waals surface area contributed by atoms with Crippen LogP contribution in [0.25, 0.3) is 0 Å². The Morgan fingerprint density at radius 2 is 1.65 bits per heavy atom. The molecular weight excluding hydrogens is 561 g/mol. The maximum absolute atomic E-state index is 14.6. The van der Waals surface area contributed by atoms with Crippen molar-refractivity contribution in [2.45, 2.75) is 31.3 Å². The number of anilines is 1. The first kappa shape index (κ1) is 30.7. The molecule has 3 aromatic carbocycles. The lowest BCUT2D eigenvalue weighted by molar-refractivity contribution is -0.139. The van der Waals surface area contributed by atoms with Gasteiger partial charge in [-0.05, 0) is 56.3 Å². The van der Waals surface area contributed by atoms with Crippen molar-refractivity contribution in [3.8, 4) is 11.5 Å². The number of amides is 2. The van der Waals surface area contributed by atoms with Gasteiger partial charge in [-0.2, -0.15) is 0 Å². The summed E-state index contributed by atoms with van der Waals surface area (Å²) in [5.74, 6) is -1.25. The van der Waals surface area contributed by atoms with Gasteiger partial charge in [0.15, 0.2) is 11.5 Å². The Hall–Kier alpha value is -3.83. The molecule has 0 aliphatic rings. The second kappa shape index (κ2) is 13.5. The molecule has 0 fully saturated rings. The first-order valence-corrected chi connectivity index (χ1v) is 14.2. The first-order valence-electron chi connectivity index (χ1n) is 12.3. The predicted octanol–water partition coefficient (Wildman–Crippen LogP) is 4.25. The number of hydrogen-bond donors (Lipinski definition) is 1. The second-order valence-corrected chi connectivity index (χ2v) is 11.0. The summed E-state index contributed by atoms with van der Waals surface area (Å²) in [6.07, 6.45) is 0. The van der Waals surface area contributed by atoms with Crippen LogP contribution in [0.1, 0.15) is 19.4 Å². The van der Waals surface area contributed by atoms with Gasteiger partial charge in [0.05, 0.1) is 24.8 Å². The molecule has 0 aliphatic carbocycles. The minimum atomic E-state index is -4.36. The van der Waals surface area contributed by atoms with E-state index in [1.54, 1.807) is 13.0 Å². The zero-order chi connectivity index (χ0) is 29.4. The summed E-state index contributed by atoms with van der Waals surface area (Å²) in [6.45, 7) is 2.60. The van der Waals surface area contributed by atoms with Gasteiger partial charge in [-0.3, -0.25) is 13.9 Å². The second-order valence-electron chi connectivity index (χ2n) is 8.69. The summed E-state index contributed by atoms with van der Waals surface area (Å²) < 4.78 is 53.8. The quantitative estimate of drug-likeness (QED) is 0.338. The van der Waals surface area contributed by atoms with Gasteiger partial charge < -0.3 is 19.7 Å². The Bertz CT molecular complexity index is 1450. The van der Waals surface area contributed by atoms with Crippen LogP contribution in [0.4, 0.5) is 10.1 Å². The fraction of sp³-hybridized carbons (Fsp3) is 0.286. The van der Waals surface area contributed by atoms with Crippen LogP contribution in [-0.4, -0.2) is 58.5 Å². The third-order valence-corrected chi connectivity index (χ3v) is 8.18. The van der Waals surface area contributed by atoms with Crippen molar-refractivity contribution >= 4 is 39.1 Å². The fourth-order valence-electron chi connectivity index (χ4n) is 3.96. The molecule has 0 saturated carbocycles. The molecule has 0 bridgehead atoms. The van der Waals surface area contributed by atoms with Crippen LogP contribution < -0.4 is 19.1 Å². The van der Waals surface area contributed by atoms with Gasteiger partial charge in [-0.1, -0.05) is 29.8 Å². The SMILES string of the molecule is CCNC(=O)[C@H](C)N(Cc1ccccc1F)C(=O)CN(c1ccc(Cl)cc1)S(=O)(=O)c1ccc(OC)c(OC)c1. The lowest BCUT2D eigenvalue weighted by atomic mass is 10.1. The smallest absolute Gasteiger partial charge is 0.264 e. The number of likely N-dealkylation sites (N-methyl/N-ethyl adjacent to an activating group) is 1. The Labute approximate surface area is 238 Å².